The zero-order valence-corrected chi connectivity index (χ0v) is 12.3. The maximum atomic E-state index is 12.6. The lowest BCUT2D eigenvalue weighted by atomic mass is 10.2. The van der Waals surface area contributed by atoms with Crippen LogP contribution in [0, 0.1) is 17.0 Å². The van der Waals surface area contributed by atoms with Gasteiger partial charge in [0, 0.05) is 27.1 Å². The van der Waals surface area contributed by atoms with Gasteiger partial charge in [0.15, 0.2) is 0 Å². The van der Waals surface area contributed by atoms with Crippen LogP contribution in [0.25, 0.3) is 0 Å². The van der Waals surface area contributed by atoms with Crippen molar-refractivity contribution in [3.8, 4) is 0 Å². The highest BCUT2D eigenvalue weighted by atomic mass is 16.6. The fourth-order valence-corrected chi connectivity index (χ4v) is 2.67. The third kappa shape index (κ3) is 2.52. The number of nitrogens with zero attached hydrogens (tertiary/aromatic N) is 4. The van der Waals surface area contributed by atoms with Crippen LogP contribution in [-0.2, 0) is 16.6 Å². The predicted octanol–water partition coefficient (Wildman–Crippen LogP) is -0.0492. The topological polar surface area (TPSA) is 128 Å². The minimum Gasteiger partial charge on any atom is -0.480 e. The molecular weight excluding hydrogens is 296 g/mol. The second kappa shape index (κ2) is 5.72. The second-order valence-electron chi connectivity index (χ2n) is 5.07. The van der Waals surface area contributed by atoms with Gasteiger partial charge in [-0.15, -0.1) is 0 Å². The Morgan fingerprint density at radius 3 is 2.64 bits per heavy atom. The standard InChI is InChI=1S/C12H16N4O6/c1-6-9(16(20)21)10(14(2)13-6)11(17)15-5-7(22-3)4-8(15)12(18)19/h7-8H,4-5H2,1-3H3,(H,18,19). The Bertz CT molecular complexity index is 640. The van der Waals surface area contributed by atoms with Crippen LogP contribution < -0.4 is 0 Å². The number of aryl methyl sites for hydroxylation is 2. The van der Waals surface area contributed by atoms with Gasteiger partial charge >= 0.3 is 11.7 Å². The van der Waals surface area contributed by atoms with Gasteiger partial charge in [0.1, 0.15) is 11.7 Å². The molecule has 0 saturated carbocycles. The zero-order chi connectivity index (χ0) is 16.6. The number of carbonyl (C=O) groups is 2. The number of carboxylic acid groups (broad SMARTS) is 1. The van der Waals surface area contributed by atoms with Gasteiger partial charge in [0.25, 0.3) is 5.91 Å². The van der Waals surface area contributed by atoms with E-state index >= 15 is 0 Å². The van der Waals surface area contributed by atoms with Gasteiger partial charge in [-0.3, -0.25) is 19.6 Å². The molecule has 10 nitrogen and oxygen atoms in total. The number of rotatable bonds is 4. The summed E-state index contributed by atoms with van der Waals surface area (Å²) in [5.41, 5.74) is -0.534. The minimum absolute atomic E-state index is 0.0632. The molecule has 1 aliphatic rings. The van der Waals surface area contributed by atoms with Crippen molar-refractivity contribution in [1.29, 1.82) is 0 Å². The molecule has 1 aromatic rings. The molecule has 1 saturated heterocycles. The molecule has 1 fully saturated rings. The molecule has 1 N–H and O–H groups in total. The Kier molecular flexibility index (Phi) is 4.13. The summed E-state index contributed by atoms with van der Waals surface area (Å²) in [6.45, 7) is 1.49. The number of likely N-dealkylation sites (tertiary alicyclic amines) is 1. The van der Waals surface area contributed by atoms with Crippen LogP contribution in [0.5, 0.6) is 0 Å². The lowest BCUT2D eigenvalue weighted by Gasteiger charge is -2.20. The number of aliphatic carboxylic acids is 1. The molecule has 2 atom stereocenters. The first-order valence-corrected chi connectivity index (χ1v) is 6.52. The predicted molar refractivity (Wildman–Crippen MR) is 72.5 cm³/mol. The largest absolute Gasteiger partial charge is 0.480 e. The summed E-state index contributed by atoms with van der Waals surface area (Å²) in [7, 11) is 2.83. The number of aromatic nitrogens is 2. The summed E-state index contributed by atoms with van der Waals surface area (Å²) in [6.07, 6.45) is -0.277. The SMILES string of the molecule is COC1CC(C(=O)O)N(C(=O)c2c([N+](=O)[O-])c(C)nn2C)C1. The third-order valence-electron chi connectivity index (χ3n) is 3.72. The summed E-state index contributed by atoms with van der Waals surface area (Å²) < 4.78 is 6.21. The molecule has 1 aromatic heterocycles. The number of hydrogen-bond acceptors (Lipinski definition) is 6. The van der Waals surface area contributed by atoms with E-state index in [4.69, 9.17) is 4.74 Å². The molecule has 0 aliphatic carbocycles. The Morgan fingerprint density at radius 2 is 2.14 bits per heavy atom. The molecule has 0 bridgehead atoms. The van der Waals surface area contributed by atoms with E-state index in [1.807, 2.05) is 0 Å². The average Bonchev–Trinajstić information content (AvgIpc) is 2.98. The van der Waals surface area contributed by atoms with Crippen LogP contribution in [0.3, 0.4) is 0 Å². The van der Waals surface area contributed by atoms with Gasteiger partial charge in [-0.05, 0) is 6.92 Å². The number of carbonyl (C=O) groups excluding carboxylic acids is 1. The maximum absolute atomic E-state index is 12.6. The fourth-order valence-electron chi connectivity index (χ4n) is 2.67. The van der Waals surface area contributed by atoms with Gasteiger partial charge in [-0.25, -0.2) is 4.79 Å². The van der Waals surface area contributed by atoms with E-state index in [0.717, 1.165) is 9.58 Å². The average molecular weight is 312 g/mol. The van der Waals surface area contributed by atoms with E-state index in [1.165, 1.54) is 21.1 Å². The van der Waals surface area contributed by atoms with Crippen molar-refractivity contribution in [2.45, 2.75) is 25.5 Å². The van der Waals surface area contributed by atoms with Crippen molar-refractivity contribution in [2.75, 3.05) is 13.7 Å². The molecule has 1 amide bonds. The molecule has 1 aliphatic heterocycles. The van der Waals surface area contributed by atoms with Gasteiger partial charge in [-0.2, -0.15) is 5.10 Å². The minimum atomic E-state index is -1.17. The monoisotopic (exact) mass is 312 g/mol. The molecular formula is C12H16N4O6. The van der Waals surface area contributed by atoms with Crippen LogP contribution in [0.15, 0.2) is 0 Å². The molecule has 0 spiro atoms. The molecule has 0 aromatic carbocycles. The Morgan fingerprint density at radius 1 is 1.50 bits per heavy atom. The molecule has 10 heteroatoms. The van der Waals surface area contributed by atoms with E-state index in [0.29, 0.717) is 0 Å². The van der Waals surface area contributed by atoms with Crippen molar-refractivity contribution in [3.05, 3.63) is 21.5 Å². The first-order valence-electron chi connectivity index (χ1n) is 6.52. The molecule has 120 valence electrons. The van der Waals surface area contributed by atoms with Crippen LogP contribution in [0.1, 0.15) is 22.6 Å². The number of nitro groups is 1. The molecule has 0 radical (unpaired) electrons. The van der Waals surface area contributed by atoms with Gasteiger partial charge < -0.3 is 14.7 Å². The number of hydrogen-bond donors (Lipinski definition) is 1. The van der Waals surface area contributed by atoms with E-state index < -0.39 is 34.6 Å². The van der Waals surface area contributed by atoms with Crippen molar-refractivity contribution < 1.29 is 24.4 Å². The smallest absolute Gasteiger partial charge is 0.326 e. The quantitative estimate of drug-likeness (QED) is 0.609. The fraction of sp³-hybridized carbons (Fsp3) is 0.583. The van der Waals surface area contributed by atoms with Crippen LogP contribution in [0.2, 0.25) is 0 Å². The first kappa shape index (κ1) is 15.9. The highest BCUT2D eigenvalue weighted by Gasteiger charge is 2.43. The summed E-state index contributed by atoms with van der Waals surface area (Å²) in [6, 6.07) is -1.08. The first-order chi connectivity index (χ1) is 10.3. The van der Waals surface area contributed by atoms with E-state index in [9.17, 15) is 24.8 Å². The van der Waals surface area contributed by atoms with Crippen molar-refractivity contribution in [2.24, 2.45) is 7.05 Å². The third-order valence-corrected chi connectivity index (χ3v) is 3.72. The second-order valence-corrected chi connectivity index (χ2v) is 5.07. The lowest BCUT2D eigenvalue weighted by molar-refractivity contribution is -0.385. The Balaban J connectivity index is 2.43. The van der Waals surface area contributed by atoms with Crippen molar-refractivity contribution >= 4 is 17.6 Å². The zero-order valence-electron chi connectivity index (χ0n) is 12.3. The normalized spacial score (nSPS) is 21.1. The molecule has 2 heterocycles. The highest BCUT2D eigenvalue weighted by molar-refractivity contribution is 5.99. The van der Waals surface area contributed by atoms with Crippen molar-refractivity contribution in [1.82, 2.24) is 14.7 Å². The van der Waals surface area contributed by atoms with Crippen LogP contribution in [-0.4, -0.2) is 62.4 Å². The van der Waals surface area contributed by atoms with E-state index in [1.54, 1.807) is 0 Å². The van der Waals surface area contributed by atoms with E-state index in [2.05, 4.69) is 5.10 Å². The Hall–Kier alpha value is -2.49. The van der Waals surface area contributed by atoms with Gasteiger partial charge in [-0.1, -0.05) is 0 Å². The highest BCUT2D eigenvalue weighted by Crippen LogP contribution is 2.28. The summed E-state index contributed by atoms with van der Waals surface area (Å²) in [4.78, 5) is 35.5. The Labute approximate surface area is 125 Å². The number of amides is 1. The summed E-state index contributed by atoms with van der Waals surface area (Å²) >= 11 is 0. The van der Waals surface area contributed by atoms with E-state index in [-0.39, 0.29) is 24.4 Å². The summed E-state index contributed by atoms with van der Waals surface area (Å²) in [5.74, 6) is -1.91. The van der Waals surface area contributed by atoms with Crippen LogP contribution in [0.4, 0.5) is 5.69 Å². The number of carboxylic acids is 1. The maximum Gasteiger partial charge on any atom is 0.326 e. The molecule has 2 unspecified atom stereocenters. The molecule has 2 rings (SSSR count). The molecule has 22 heavy (non-hydrogen) atoms. The van der Waals surface area contributed by atoms with Gasteiger partial charge in [0.2, 0.25) is 5.69 Å². The van der Waals surface area contributed by atoms with Crippen molar-refractivity contribution in [3.63, 3.8) is 0 Å². The van der Waals surface area contributed by atoms with Crippen LogP contribution >= 0.6 is 0 Å². The lowest BCUT2D eigenvalue weighted by Crippen LogP contribution is -2.41. The van der Waals surface area contributed by atoms with Gasteiger partial charge in [0.05, 0.1) is 11.0 Å². The number of methoxy groups -OCH3 is 1. The number of ether oxygens (including phenoxy) is 1. The summed E-state index contributed by atoms with van der Waals surface area (Å²) in [5, 5.41) is 24.3.